The lowest BCUT2D eigenvalue weighted by Gasteiger charge is -2.07. The second kappa shape index (κ2) is 7.93. The molecule has 0 aliphatic heterocycles. The number of rotatable bonds is 7. The first-order valence-corrected chi connectivity index (χ1v) is 6.71. The first-order chi connectivity index (χ1) is 9.84. The quantitative estimate of drug-likeness (QED) is 0.752. The molecule has 2 rings (SSSR count). The van der Waals surface area contributed by atoms with E-state index < -0.39 is 0 Å². The van der Waals surface area contributed by atoms with E-state index in [2.05, 4.69) is 20.6 Å². The van der Waals surface area contributed by atoms with Gasteiger partial charge in [0, 0.05) is 44.4 Å². The lowest BCUT2D eigenvalue weighted by molar-refractivity contribution is 0.240. The van der Waals surface area contributed by atoms with Crippen LogP contribution >= 0.6 is 0 Å². The number of hydrogen-bond acceptors (Lipinski definition) is 3. The van der Waals surface area contributed by atoms with Crippen molar-refractivity contribution >= 4 is 6.03 Å². The van der Waals surface area contributed by atoms with E-state index in [9.17, 15) is 4.79 Å². The fraction of sp³-hybridized carbons (Fsp3) is 0.357. The van der Waals surface area contributed by atoms with Crippen molar-refractivity contribution in [2.75, 3.05) is 6.54 Å². The average molecular weight is 273 g/mol. The highest BCUT2D eigenvalue weighted by Gasteiger charge is 1.99. The van der Waals surface area contributed by atoms with Crippen LogP contribution in [0.15, 0.2) is 43.2 Å². The van der Waals surface area contributed by atoms with E-state index >= 15 is 0 Å². The molecule has 0 aliphatic rings. The third-order valence-corrected chi connectivity index (χ3v) is 2.89. The molecule has 0 radical (unpaired) electrons. The van der Waals surface area contributed by atoms with Crippen molar-refractivity contribution in [2.45, 2.75) is 25.9 Å². The third kappa shape index (κ3) is 5.09. The van der Waals surface area contributed by atoms with Crippen LogP contribution in [0.4, 0.5) is 4.79 Å². The van der Waals surface area contributed by atoms with Crippen LogP contribution in [-0.2, 0) is 13.1 Å². The lowest BCUT2D eigenvalue weighted by atomic mass is 10.3. The molecule has 0 spiro atoms. The van der Waals surface area contributed by atoms with Gasteiger partial charge in [-0.1, -0.05) is 0 Å². The minimum atomic E-state index is -0.135. The Morgan fingerprint density at radius 2 is 1.95 bits per heavy atom. The summed E-state index contributed by atoms with van der Waals surface area (Å²) in [6, 6.07) is 3.63. The number of aryl methyl sites for hydroxylation is 1. The number of urea groups is 1. The van der Waals surface area contributed by atoms with Crippen LogP contribution in [0.25, 0.3) is 0 Å². The molecule has 2 amide bonds. The monoisotopic (exact) mass is 273 g/mol. The van der Waals surface area contributed by atoms with Gasteiger partial charge in [0.2, 0.25) is 0 Å². The van der Waals surface area contributed by atoms with Crippen LogP contribution < -0.4 is 10.6 Å². The smallest absolute Gasteiger partial charge is 0.315 e. The molecule has 106 valence electrons. The van der Waals surface area contributed by atoms with Gasteiger partial charge < -0.3 is 15.2 Å². The second-order valence-corrected chi connectivity index (χ2v) is 4.47. The summed E-state index contributed by atoms with van der Waals surface area (Å²) in [4.78, 5) is 19.5. The van der Waals surface area contributed by atoms with E-state index in [0.29, 0.717) is 13.1 Å². The van der Waals surface area contributed by atoms with Crippen LogP contribution in [0.2, 0.25) is 0 Å². The van der Waals surface area contributed by atoms with Gasteiger partial charge in [-0.2, -0.15) is 0 Å². The van der Waals surface area contributed by atoms with E-state index in [4.69, 9.17) is 0 Å². The van der Waals surface area contributed by atoms with Crippen LogP contribution in [0, 0.1) is 0 Å². The first-order valence-electron chi connectivity index (χ1n) is 6.71. The zero-order valence-electron chi connectivity index (χ0n) is 11.3. The van der Waals surface area contributed by atoms with E-state index in [0.717, 1.165) is 24.9 Å². The minimum absolute atomic E-state index is 0.135. The Hall–Kier alpha value is -2.37. The SMILES string of the molecule is O=C(NCCCCn1ccnc1)NCc1ccncc1. The van der Waals surface area contributed by atoms with Crippen molar-refractivity contribution in [2.24, 2.45) is 0 Å². The Kier molecular flexibility index (Phi) is 5.57. The summed E-state index contributed by atoms with van der Waals surface area (Å²) in [6.45, 7) is 2.13. The summed E-state index contributed by atoms with van der Waals surface area (Å²) in [6.07, 6.45) is 10.9. The van der Waals surface area contributed by atoms with Gasteiger partial charge in [0.1, 0.15) is 0 Å². The van der Waals surface area contributed by atoms with Crippen molar-refractivity contribution in [1.82, 2.24) is 25.2 Å². The summed E-state index contributed by atoms with van der Waals surface area (Å²) in [5.41, 5.74) is 1.04. The zero-order chi connectivity index (χ0) is 14.0. The maximum Gasteiger partial charge on any atom is 0.315 e. The number of nitrogens with zero attached hydrogens (tertiary/aromatic N) is 3. The fourth-order valence-electron chi connectivity index (χ4n) is 1.79. The van der Waals surface area contributed by atoms with Crippen molar-refractivity contribution in [3.05, 3.63) is 48.8 Å². The summed E-state index contributed by atoms with van der Waals surface area (Å²) >= 11 is 0. The number of pyridine rings is 1. The minimum Gasteiger partial charge on any atom is -0.338 e. The van der Waals surface area contributed by atoms with E-state index in [1.165, 1.54) is 0 Å². The number of imidazole rings is 1. The molecule has 20 heavy (non-hydrogen) atoms. The predicted octanol–water partition coefficient (Wildman–Crippen LogP) is 1.56. The van der Waals surface area contributed by atoms with Crippen LogP contribution in [-0.4, -0.2) is 27.1 Å². The topological polar surface area (TPSA) is 71.8 Å². The highest BCUT2D eigenvalue weighted by atomic mass is 16.2. The Labute approximate surface area is 118 Å². The molecular formula is C14H19N5O. The molecule has 2 N–H and O–H groups in total. The van der Waals surface area contributed by atoms with E-state index in [-0.39, 0.29) is 6.03 Å². The van der Waals surface area contributed by atoms with Crippen molar-refractivity contribution in [3.8, 4) is 0 Å². The second-order valence-electron chi connectivity index (χ2n) is 4.47. The fourth-order valence-corrected chi connectivity index (χ4v) is 1.79. The van der Waals surface area contributed by atoms with Crippen molar-refractivity contribution < 1.29 is 4.79 Å². The number of aromatic nitrogens is 3. The van der Waals surface area contributed by atoms with Crippen LogP contribution in [0.5, 0.6) is 0 Å². The van der Waals surface area contributed by atoms with Crippen molar-refractivity contribution in [1.29, 1.82) is 0 Å². The standard InChI is InChI=1S/C14H19N5O/c20-14(18-11-13-3-6-15-7-4-13)17-5-1-2-9-19-10-8-16-12-19/h3-4,6-8,10,12H,1-2,5,9,11H2,(H2,17,18,20). The summed E-state index contributed by atoms with van der Waals surface area (Å²) in [5, 5.41) is 5.65. The number of amides is 2. The van der Waals surface area contributed by atoms with Crippen LogP contribution in [0.1, 0.15) is 18.4 Å². The Balaban J connectivity index is 1.52. The summed E-state index contributed by atoms with van der Waals surface area (Å²) in [5.74, 6) is 0. The molecule has 0 unspecified atom stereocenters. The third-order valence-electron chi connectivity index (χ3n) is 2.89. The Bertz CT molecular complexity index is 498. The van der Waals surface area contributed by atoms with Gasteiger partial charge in [0.05, 0.1) is 6.33 Å². The number of nitrogens with one attached hydrogen (secondary N) is 2. The Morgan fingerprint density at radius 3 is 2.70 bits per heavy atom. The number of carbonyl (C=O) groups excluding carboxylic acids is 1. The van der Waals surface area contributed by atoms with Gasteiger partial charge in [0.15, 0.2) is 0 Å². The predicted molar refractivity (Wildman–Crippen MR) is 75.9 cm³/mol. The molecule has 2 heterocycles. The molecule has 2 aromatic heterocycles. The molecular weight excluding hydrogens is 254 g/mol. The molecule has 6 heteroatoms. The maximum atomic E-state index is 11.6. The molecule has 0 saturated carbocycles. The zero-order valence-corrected chi connectivity index (χ0v) is 11.3. The molecule has 6 nitrogen and oxygen atoms in total. The highest BCUT2D eigenvalue weighted by molar-refractivity contribution is 5.73. The van der Waals surface area contributed by atoms with Gasteiger partial charge in [-0.05, 0) is 30.5 Å². The highest BCUT2D eigenvalue weighted by Crippen LogP contribution is 1.95. The normalized spacial score (nSPS) is 10.2. The van der Waals surface area contributed by atoms with Crippen molar-refractivity contribution in [3.63, 3.8) is 0 Å². The van der Waals surface area contributed by atoms with E-state index in [1.54, 1.807) is 24.9 Å². The van der Waals surface area contributed by atoms with E-state index in [1.807, 2.05) is 22.9 Å². The first kappa shape index (κ1) is 14.0. The van der Waals surface area contributed by atoms with Gasteiger partial charge in [-0.15, -0.1) is 0 Å². The molecule has 0 saturated heterocycles. The molecule has 0 atom stereocenters. The van der Waals surface area contributed by atoms with Gasteiger partial charge >= 0.3 is 6.03 Å². The van der Waals surface area contributed by atoms with Gasteiger partial charge in [-0.3, -0.25) is 4.98 Å². The largest absolute Gasteiger partial charge is 0.338 e. The van der Waals surface area contributed by atoms with Gasteiger partial charge in [-0.25, -0.2) is 9.78 Å². The molecule has 0 fully saturated rings. The van der Waals surface area contributed by atoms with Crippen LogP contribution in [0.3, 0.4) is 0 Å². The summed E-state index contributed by atoms with van der Waals surface area (Å²) < 4.78 is 2.03. The average Bonchev–Trinajstić information content (AvgIpc) is 2.99. The number of hydrogen-bond donors (Lipinski definition) is 2. The summed E-state index contributed by atoms with van der Waals surface area (Å²) in [7, 11) is 0. The lowest BCUT2D eigenvalue weighted by Crippen LogP contribution is -2.35. The molecule has 0 bridgehead atoms. The molecule has 2 aromatic rings. The number of carbonyl (C=O) groups is 1. The molecule has 0 aliphatic carbocycles. The molecule has 0 aromatic carbocycles. The Morgan fingerprint density at radius 1 is 1.10 bits per heavy atom. The maximum absolute atomic E-state index is 11.6. The number of unbranched alkanes of at least 4 members (excludes halogenated alkanes) is 1. The van der Waals surface area contributed by atoms with Gasteiger partial charge in [0.25, 0.3) is 0 Å².